The zero-order valence-electron chi connectivity index (χ0n) is 15.9. The maximum absolute atomic E-state index is 12.9. The highest BCUT2D eigenvalue weighted by Gasteiger charge is 2.40. The van der Waals surface area contributed by atoms with Gasteiger partial charge in [-0.25, -0.2) is 0 Å². The summed E-state index contributed by atoms with van der Waals surface area (Å²) >= 11 is 1.56. The molecule has 1 saturated carbocycles. The third-order valence-electron chi connectivity index (χ3n) is 5.28. The molecule has 1 atom stereocenters. The van der Waals surface area contributed by atoms with Gasteiger partial charge in [0.05, 0.1) is 11.8 Å². The van der Waals surface area contributed by atoms with E-state index in [0.29, 0.717) is 30.0 Å². The number of hydrogen-bond donors (Lipinski definition) is 2. The second-order valence-corrected chi connectivity index (χ2v) is 9.33. The Morgan fingerprint density at radius 3 is 2.33 bits per heavy atom. The summed E-state index contributed by atoms with van der Waals surface area (Å²) in [4.78, 5) is 38.0. The Morgan fingerprint density at radius 2 is 1.78 bits per heavy atom. The topological polar surface area (TPSA) is 86.7 Å². The molecule has 1 unspecified atom stereocenters. The van der Waals surface area contributed by atoms with E-state index >= 15 is 0 Å². The summed E-state index contributed by atoms with van der Waals surface area (Å²) in [7, 11) is 0. The van der Waals surface area contributed by atoms with Gasteiger partial charge in [0.2, 0.25) is 5.91 Å². The molecule has 1 aromatic carbocycles. The Hall–Kier alpha value is -2.02. The molecule has 2 fully saturated rings. The summed E-state index contributed by atoms with van der Waals surface area (Å²) in [6.45, 7) is 6.37. The minimum atomic E-state index is -0.813. The zero-order valence-corrected chi connectivity index (χ0v) is 16.7. The largest absolute Gasteiger partial charge is 0.481 e. The molecule has 0 radical (unpaired) electrons. The van der Waals surface area contributed by atoms with Crippen molar-refractivity contribution in [1.29, 1.82) is 0 Å². The Balaban J connectivity index is 1.62. The van der Waals surface area contributed by atoms with Gasteiger partial charge in [0, 0.05) is 17.4 Å². The molecule has 1 aliphatic heterocycles. The Morgan fingerprint density at radius 1 is 1.15 bits per heavy atom. The van der Waals surface area contributed by atoms with Crippen LogP contribution in [0.5, 0.6) is 0 Å². The van der Waals surface area contributed by atoms with E-state index in [0.717, 1.165) is 5.56 Å². The average Bonchev–Trinajstić information content (AvgIpc) is 3.05. The van der Waals surface area contributed by atoms with Gasteiger partial charge in [0.15, 0.2) is 0 Å². The van der Waals surface area contributed by atoms with Gasteiger partial charge in [-0.3, -0.25) is 14.4 Å². The minimum absolute atomic E-state index is 0.0179. The first-order chi connectivity index (χ1) is 12.7. The van der Waals surface area contributed by atoms with E-state index in [1.165, 1.54) is 0 Å². The highest BCUT2D eigenvalue weighted by atomic mass is 32.2. The van der Waals surface area contributed by atoms with E-state index in [2.05, 4.69) is 26.1 Å². The van der Waals surface area contributed by atoms with Crippen molar-refractivity contribution in [2.75, 3.05) is 11.6 Å². The van der Waals surface area contributed by atoms with Crippen molar-refractivity contribution in [3.05, 3.63) is 35.4 Å². The Kier molecular flexibility index (Phi) is 5.51. The lowest BCUT2D eigenvalue weighted by atomic mass is 9.80. The van der Waals surface area contributed by atoms with Crippen LogP contribution in [0.25, 0.3) is 0 Å². The van der Waals surface area contributed by atoms with Crippen molar-refractivity contribution in [2.45, 2.75) is 51.1 Å². The minimum Gasteiger partial charge on any atom is -0.481 e. The molecule has 0 bridgehead atoms. The van der Waals surface area contributed by atoms with Crippen LogP contribution >= 0.6 is 11.8 Å². The van der Waals surface area contributed by atoms with E-state index in [1.54, 1.807) is 16.7 Å². The van der Waals surface area contributed by atoms with Gasteiger partial charge < -0.3 is 15.3 Å². The number of thioether (sulfide) groups is 1. The first kappa shape index (κ1) is 19.7. The smallest absolute Gasteiger partial charge is 0.306 e. The highest BCUT2D eigenvalue weighted by molar-refractivity contribution is 7.99. The molecule has 2 amide bonds. The predicted octanol–water partition coefficient (Wildman–Crippen LogP) is 2.48. The zero-order chi connectivity index (χ0) is 19.8. The Bertz CT molecular complexity index is 735. The molecule has 1 aliphatic carbocycles. The normalized spacial score (nSPS) is 25.0. The fourth-order valence-corrected chi connectivity index (χ4v) is 4.53. The first-order valence-electron chi connectivity index (χ1n) is 9.19. The van der Waals surface area contributed by atoms with Crippen molar-refractivity contribution in [1.82, 2.24) is 10.2 Å². The predicted molar refractivity (Wildman–Crippen MR) is 105 cm³/mol. The maximum atomic E-state index is 12.9. The fourth-order valence-electron chi connectivity index (χ4n) is 3.37. The van der Waals surface area contributed by atoms with Crippen LogP contribution in [0.4, 0.5) is 0 Å². The molecule has 27 heavy (non-hydrogen) atoms. The molecule has 1 aromatic rings. The van der Waals surface area contributed by atoms with Crippen LogP contribution in [-0.2, 0) is 15.0 Å². The van der Waals surface area contributed by atoms with E-state index in [4.69, 9.17) is 5.11 Å². The number of carbonyl (C=O) groups is 3. The molecule has 1 saturated heterocycles. The van der Waals surface area contributed by atoms with Crippen LogP contribution in [0.1, 0.15) is 49.5 Å². The van der Waals surface area contributed by atoms with Crippen LogP contribution in [0, 0.1) is 5.92 Å². The fraction of sp³-hybridized carbons (Fsp3) is 0.550. The van der Waals surface area contributed by atoms with E-state index in [9.17, 15) is 14.4 Å². The third kappa shape index (κ3) is 4.29. The summed E-state index contributed by atoms with van der Waals surface area (Å²) < 4.78 is 0. The van der Waals surface area contributed by atoms with E-state index < -0.39 is 12.0 Å². The van der Waals surface area contributed by atoms with Gasteiger partial charge in [0.1, 0.15) is 6.04 Å². The molecular formula is C20H26N2O4S. The van der Waals surface area contributed by atoms with Crippen molar-refractivity contribution in [3.8, 4) is 0 Å². The summed E-state index contributed by atoms with van der Waals surface area (Å²) in [5.41, 5.74) is 1.75. The highest BCUT2D eigenvalue weighted by Crippen LogP contribution is 2.29. The van der Waals surface area contributed by atoms with Crippen LogP contribution in [0.3, 0.4) is 0 Å². The number of hydrogen-bond acceptors (Lipinski definition) is 4. The summed E-state index contributed by atoms with van der Waals surface area (Å²) in [5.74, 6) is -0.460. The second kappa shape index (κ2) is 7.54. The van der Waals surface area contributed by atoms with Gasteiger partial charge in [0.25, 0.3) is 5.91 Å². The second-order valence-electron chi connectivity index (χ2n) is 8.33. The van der Waals surface area contributed by atoms with Crippen LogP contribution < -0.4 is 5.32 Å². The number of benzene rings is 1. The number of nitrogens with one attached hydrogen (secondary N) is 1. The van der Waals surface area contributed by atoms with Crippen molar-refractivity contribution in [3.63, 3.8) is 0 Å². The maximum Gasteiger partial charge on any atom is 0.306 e. The molecule has 3 rings (SSSR count). The SMILES string of the molecule is CC(C)(C)c1ccc(C(=O)N2CSCC2C(=O)NC2CC(C(=O)O)C2)cc1. The van der Waals surface area contributed by atoms with E-state index in [1.807, 2.05) is 24.3 Å². The number of carboxylic acid groups (broad SMARTS) is 1. The van der Waals surface area contributed by atoms with Gasteiger partial charge >= 0.3 is 5.97 Å². The van der Waals surface area contributed by atoms with Crippen LogP contribution in [0.15, 0.2) is 24.3 Å². The molecule has 7 heteroatoms. The van der Waals surface area contributed by atoms with Gasteiger partial charge in [-0.1, -0.05) is 32.9 Å². The molecular weight excluding hydrogens is 364 g/mol. The monoisotopic (exact) mass is 390 g/mol. The average molecular weight is 391 g/mol. The first-order valence-corrected chi connectivity index (χ1v) is 10.3. The van der Waals surface area contributed by atoms with Gasteiger partial charge in [-0.2, -0.15) is 0 Å². The quantitative estimate of drug-likeness (QED) is 0.825. The molecule has 2 N–H and O–H groups in total. The van der Waals surface area contributed by atoms with Crippen LogP contribution in [-0.4, -0.2) is 51.5 Å². The number of carbonyl (C=O) groups excluding carboxylic acids is 2. The van der Waals surface area contributed by atoms with Crippen molar-refractivity contribution in [2.24, 2.45) is 5.92 Å². The number of nitrogens with zero attached hydrogens (tertiary/aromatic N) is 1. The number of rotatable bonds is 4. The van der Waals surface area contributed by atoms with Crippen LogP contribution in [0.2, 0.25) is 0 Å². The lowest BCUT2D eigenvalue weighted by Gasteiger charge is -2.34. The number of carboxylic acids is 1. The van der Waals surface area contributed by atoms with Crippen molar-refractivity contribution < 1.29 is 19.5 Å². The molecule has 2 aliphatic rings. The standard InChI is InChI=1S/C20H26N2O4S/c1-20(2,3)14-6-4-12(5-7-14)18(24)22-11-27-10-16(22)17(23)21-15-8-13(9-15)19(25)26/h4-7,13,15-16H,8-11H2,1-3H3,(H,21,23)(H,25,26). The third-order valence-corrected chi connectivity index (χ3v) is 6.29. The molecule has 146 valence electrons. The van der Waals surface area contributed by atoms with Crippen molar-refractivity contribution >= 4 is 29.5 Å². The molecule has 0 aromatic heterocycles. The summed E-state index contributed by atoms with van der Waals surface area (Å²) in [6.07, 6.45) is 0.923. The van der Waals surface area contributed by atoms with E-state index in [-0.39, 0.29) is 29.2 Å². The Labute approximate surface area is 163 Å². The lowest BCUT2D eigenvalue weighted by molar-refractivity contribution is -0.146. The van der Waals surface area contributed by atoms with Gasteiger partial charge in [-0.15, -0.1) is 11.8 Å². The molecule has 6 nitrogen and oxygen atoms in total. The lowest BCUT2D eigenvalue weighted by Crippen LogP contribution is -2.53. The molecule has 1 heterocycles. The summed E-state index contributed by atoms with van der Waals surface area (Å²) in [5, 5.41) is 11.8. The summed E-state index contributed by atoms with van der Waals surface area (Å²) in [6, 6.07) is 6.97. The van der Waals surface area contributed by atoms with Gasteiger partial charge in [-0.05, 0) is 36.0 Å². The number of aliphatic carboxylic acids is 1. The molecule has 0 spiro atoms. The number of amides is 2.